The number of aliphatic hydroxyl groups excluding tert-OH is 3. The first kappa shape index (κ1) is 9.35. The van der Waals surface area contributed by atoms with Crippen LogP contribution < -0.4 is 5.73 Å². The van der Waals surface area contributed by atoms with Gasteiger partial charge in [-0.05, 0) is 6.92 Å². The van der Waals surface area contributed by atoms with Crippen molar-refractivity contribution in [2.24, 2.45) is 5.73 Å². The first-order valence-electron chi connectivity index (χ1n) is 2.80. The average molecular weight is 149 g/mol. The summed E-state index contributed by atoms with van der Waals surface area (Å²) in [4.78, 5) is 10.1. The van der Waals surface area contributed by atoms with Crippen molar-refractivity contribution in [2.45, 2.75) is 25.2 Å². The third-order valence-corrected chi connectivity index (χ3v) is 1.11. The van der Waals surface area contributed by atoms with Crippen molar-refractivity contribution in [2.75, 3.05) is 0 Å². The van der Waals surface area contributed by atoms with Crippen molar-refractivity contribution >= 4 is 5.91 Å². The summed E-state index contributed by atoms with van der Waals surface area (Å²) in [6, 6.07) is 0. The molecule has 0 saturated heterocycles. The number of carbonyl (C=O) groups is 1. The van der Waals surface area contributed by atoms with E-state index in [0.29, 0.717) is 0 Å². The standard InChI is InChI=1S/C5H11NO4/c1-2(7)3(8)4(9)5(6)10/h2-4,7-9H,1H3,(H2,6,10). The Morgan fingerprint density at radius 1 is 1.40 bits per heavy atom. The van der Waals surface area contributed by atoms with Gasteiger partial charge in [0, 0.05) is 0 Å². The van der Waals surface area contributed by atoms with Gasteiger partial charge < -0.3 is 21.1 Å². The zero-order valence-corrected chi connectivity index (χ0v) is 5.56. The van der Waals surface area contributed by atoms with Crippen LogP contribution in [0.2, 0.25) is 0 Å². The lowest BCUT2D eigenvalue weighted by molar-refractivity contribution is -0.136. The topological polar surface area (TPSA) is 104 Å². The SMILES string of the molecule is CC(O)C(O)C(O)C(N)=O. The first-order valence-corrected chi connectivity index (χ1v) is 2.80. The second-order valence-corrected chi connectivity index (χ2v) is 2.08. The average Bonchev–Trinajstić information content (AvgIpc) is 1.84. The Morgan fingerprint density at radius 2 is 1.80 bits per heavy atom. The fraction of sp³-hybridized carbons (Fsp3) is 0.800. The predicted octanol–water partition coefficient (Wildman–Crippen LogP) is -2.43. The Bertz CT molecular complexity index is 125. The highest BCUT2D eigenvalue weighted by Gasteiger charge is 2.25. The summed E-state index contributed by atoms with van der Waals surface area (Å²) in [5, 5.41) is 26.1. The van der Waals surface area contributed by atoms with Crippen LogP contribution in [0.5, 0.6) is 0 Å². The molecular weight excluding hydrogens is 138 g/mol. The molecule has 0 spiro atoms. The minimum Gasteiger partial charge on any atom is -0.391 e. The van der Waals surface area contributed by atoms with Gasteiger partial charge in [0.25, 0.3) is 0 Å². The molecule has 0 aliphatic carbocycles. The molecule has 0 aromatic heterocycles. The summed E-state index contributed by atoms with van der Waals surface area (Å²) in [6.45, 7) is 1.25. The molecule has 0 aliphatic rings. The van der Waals surface area contributed by atoms with Gasteiger partial charge in [0.2, 0.25) is 5.91 Å². The molecule has 1 amide bonds. The van der Waals surface area contributed by atoms with Crippen LogP contribution in [0.15, 0.2) is 0 Å². The van der Waals surface area contributed by atoms with Crippen molar-refractivity contribution in [3.8, 4) is 0 Å². The van der Waals surface area contributed by atoms with Crippen LogP contribution in [0, 0.1) is 0 Å². The molecule has 0 fully saturated rings. The van der Waals surface area contributed by atoms with Crippen LogP contribution in [0.3, 0.4) is 0 Å². The van der Waals surface area contributed by atoms with E-state index < -0.39 is 24.2 Å². The van der Waals surface area contributed by atoms with Crippen LogP contribution in [0.1, 0.15) is 6.92 Å². The minimum atomic E-state index is -1.69. The fourth-order valence-corrected chi connectivity index (χ4v) is 0.432. The summed E-state index contributed by atoms with van der Waals surface area (Å²) < 4.78 is 0. The molecule has 10 heavy (non-hydrogen) atoms. The maximum atomic E-state index is 10.1. The molecule has 3 atom stereocenters. The van der Waals surface area contributed by atoms with Crippen molar-refractivity contribution in [3.63, 3.8) is 0 Å². The smallest absolute Gasteiger partial charge is 0.249 e. The Balaban J connectivity index is 3.94. The second-order valence-electron chi connectivity index (χ2n) is 2.08. The molecule has 5 N–H and O–H groups in total. The molecule has 0 heterocycles. The van der Waals surface area contributed by atoms with Gasteiger partial charge in [-0.15, -0.1) is 0 Å². The quantitative estimate of drug-likeness (QED) is 0.358. The van der Waals surface area contributed by atoms with E-state index in [4.69, 9.17) is 15.3 Å². The highest BCUT2D eigenvalue weighted by atomic mass is 16.4. The van der Waals surface area contributed by atoms with E-state index in [1.54, 1.807) is 0 Å². The molecule has 0 aromatic rings. The lowest BCUT2D eigenvalue weighted by atomic mass is 10.1. The van der Waals surface area contributed by atoms with Crippen LogP contribution in [-0.4, -0.2) is 39.5 Å². The van der Waals surface area contributed by atoms with E-state index in [1.165, 1.54) is 6.92 Å². The summed E-state index contributed by atoms with van der Waals surface area (Å²) in [5.41, 5.74) is 4.61. The third kappa shape index (κ3) is 2.30. The fourth-order valence-electron chi connectivity index (χ4n) is 0.432. The Morgan fingerprint density at radius 3 is 1.90 bits per heavy atom. The van der Waals surface area contributed by atoms with Gasteiger partial charge in [0.1, 0.15) is 6.10 Å². The van der Waals surface area contributed by atoms with Gasteiger partial charge in [-0.25, -0.2) is 0 Å². The minimum absolute atomic E-state index is 1.05. The van der Waals surface area contributed by atoms with E-state index in [2.05, 4.69) is 5.73 Å². The number of hydrogen-bond acceptors (Lipinski definition) is 4. The largest absolute Gasteiger partial charge is 0.391 e. The van der Waals surface area contributed by atoms with Crippen LogP contribution in [0.25, 0.3) is 0 Å². The lowest BCUT2D eigenvalue weighted by Gasteiger charge is -2.16. The van der Waals surface area contributed by atoms with Crippen molar-refractivity contribution < 1.29 is 20.1 Å². The molecule has 0 aromatic carbocycles. The summed E-state index contributed by atoms with van der Waals surface area (Å²) in [6.07, 6.45) is -4.36. The van der Waals surface area contributed by atoms with E-state index in [9.17, 15) is 4.79 Å². The van der Waals surface area contributed by atoms with Crippen molar-refractivity contribution in [1.82, 2.24) is 0 Å². The van der Waals surface area contributed by atoms with Gasteiger partial charge in [-0.3, -0.25) is 4.79 Å². The molecule has 0 bridgehead atoms. The lowest BCUT2D eigenvalue weighted by Crippen LogP contribution is -2.44. The number of hydrogen-bond donors (Lipinski definition) is 4. The molecule has 0 rings (SSSR count). The van der Waals surface area contributed by atoms with Gasteiger partial charge in [0.05, 0.1) is 6.10 Å². The highest BCUT2D eigenvalue weighted by Crippen LogP contribution is 1.97. The molecule has 0 radical (unpaired) electrons. The van der Waals surface area contributed by atoms with Gasteiger partial charge in [-0.1, -0.05) is 0 Å². The van der Waals surface area contributed by atoms with Crippen LogP contribution >= 0.6 is 0 Å². The summed E-state index contributed by atoms with van der Waals surface area (Å²) in [7, 11) is 0. The van der Waals surface area contributed by atoms with Gasteiger partial charge in [-0.2, -0.15) is 0 Å². The normalized spacial score (nSPS) is 19.6. The molecule has 5 heteroatoms. The molecule has 0 saturated carbocycles. The zero-order chi connectivity index (χ0) is 8.31. The van der Waals surface area contributed by atoms with Gasteiger partial charge >= 0.3 is 0 Å². The Kier molecular flexibility index (Phi) is 3.27. The molecule has 60 valence electrons. The maximum absolute atomic E-state index is 10.1. The Labute approximate surface area is 58.1 Å². The van der Waals surface area contributed by atoms with Gasteiger partial charge in [0.15, 0.2) is 6.10 Å². The number of nitrogens with two attached hydrogens (primary N) is 1. The monoisotopic (exact) mass is 149 g/mol. The van der Waals surface area contributed by atoms with Crippen LogP contribution in [-0.2, 0) is 4.79 Å². The maximum Gasteiger partial charge on any atom is 0.249 e. The first-order chi connectivity index (χ1) is 4.46. The van der Waals surface area contributed by atoms with E-state index in [-0.39, 0.29) is 0 Å². The number of aliphatic hydroxyl groups is 3. The molecule has 0 aliphatic heterocycles. The third-order valence-electron chi connectivity index (χ3n) is 1.11. The number of primary amides is 1. The highest BCUT2D eigenvalue weighted by molar-refractivity contribution is 5.79. The summed E-state index contributed by atoms with van der Waals surface area (Å²) in [5.74, 6) is -1.05. The molecular formula is C5H11NO4. The number of amides is 1. The summed E-state index contributed by atoms with van der Waals surface area (Å²) >= 11 is 0. The molecule has 5 nitrogen and oxygen atoms in total. The van der Waals surface area contributed by atoms with Crippen molar-refractivity contribution in [1.29, 1.82) is 0 Å². The number of carbonyl (C=O) groups excluding carboxylic acids is 1. The number of rotatable bonds is 3. The van der Waals surface area contributed by atoms with E-state index in [0.717, 1.165) is 0 Å². The van der Waals surface area contributed by atoms with Crippen molar-refractivity contribution in [3.05, 3.63) is 0 Å². The Hall–Kier alpha value is -0.650. The second kappa shape index (κ2) is 3.50. The predicted molar refractivity (Wildman–Crippen MR) is 32.9 cm³/mol. The zero-order valence-electron chi connectivity index (χ0n) is 5.56. The van der Waals surface area contributed by atoms with Crippen LogP contribution in [0.4, 0.5) is 0 Å². The molecule has 3 unspecified atom stereocenters. The van der Waals surface area contributed by atoms with E-state index in [1.807, 2.05) is 0 Å². The van der Waals surface area contributed by atoms with E-state index >= 15 is 0 Å².